The molecule has 0 radical (unpaired) electrons. The molecule has 9 heteroatoms. The lowest BCUT2D eigenvalue weighted by Gasteiger charge is -1.96. The van der Waals surface area contributed by atoms with Crippen molar-refractivity contribution in [3.8, 4) is 0 Å². The minimum absolute atomic E-state index is 0.105. The van der Waals surface area contributed by atoms with E-state index in [0.29, 0.717) is 16.4 Å². The molecule has 112 valence electrons. The van der Waals surface area contributed by atoms with Crippen LogP contribution >= 0.6 is 24.2 Å². The van der Waals surface area contributed by atoms with Gasteiger partial charge in [-0.25, -0.2) is 4.52 Å². The number of azo groups is 1. The first-order chi connectivity index (χ1) is 10.4. The van der Waals surface area contributed by atoms with E-state index in [0.717, 1.165) is 4.52 Å². The number of benzene rings is 1. The minimum atomic E-state index is -0.420. The fraction of sp³-hybridized carbons (Fsp3) is 0.0769. The largest absolute Gasteiger partial charge is 0.382 e. The molecule has 0 saturated heterocycles. The quantitative estimate of drug-likeness (QED) is 0.495. The van der Waals surface area contributed by atoms with Crippen LogP contribution in [0.1, 0.15) is 5.69 Å². The van der Waals surface area contributed by atoms with Crippen LogP contribution in [0, 0.1) is 12.3 Å². The van der Waals surface area contributed by atoms with Gasteiger partial charge in [0.2, 0.25) is 0 Å². The molecule has 0 aliphatic carbocycles. The van der Waals surface area contributed by atoms with Gasteiger partial charge in [0.25, 0.3) is 5.56 Å². The first kappa shape index (κ1) is 14.6. The number of aromatic nitrogens is 2. The van der Waals surface area contributed by atoms with Crippen LogP contribution in [0.4, 0.5) is 17.2 Å². The highest BCUT2D eigenvalue weighted by molar-refractivity contribution is 7.80. The summed E-state index contributed by atoms with van der Waals surface area (Å²) in [6, 6.07) is 6.91. The van der Waals surface area contributed by atoms with E-state index >= 15 is 0 Å². The van der Waals surface area contributed by atoms with Gasteiger partial charge in [-0.05, 0) is 19.1 Å². The van der Waals surface area contributed by atoms with Crippen LogP contribution in [-0.4, -0.2) is 9.03 Å². The van der Waals surface area contributed by atoms with E-state index in [-0.39, 0.29) is 21.9 Å². The van der Waals surface area contributed by atoms with E-state index in [9.17, 15) is 4.79 Å². The molecule has 0 spiro atoms. The number of nitrogens with zero attached hydrogens (tertiary/aromatic N) is 4. The molecule has 0 fully saturated rings. The highest BCUT2D eigenvalue weighted by Crippen LogP contribution is 2.27. The van der Waals surface area contributed by atoms with Crippen molar-refractivity contribution in [2.75, 3.05) is 5.73 Å². The number of rotatable bonds is 2. The fourth-order valence-electron chi connectivity index (χ4n) is 2.14. The Balaban J connectivity index is 2.22. The molecule has 0 saturated carbocycles. The normalized spacial score (nSPS) is 11.8. The molecule has 0 atom stereocenters. The van der Waals surface area contributed by atoms with E-state index in [4.69, 9.17) is 22.7 Å². The highest BCUT2D eigenvalue weighted by Gasteiger charge is 2.19. The van der Waals surface area contributed by atoms with Crippen LogP contribution in [0.3, 0.4) is 0 Å². The molecular weight excluding hydrogens is 324 g/mol. The summed E-state index contributed by atoms with van der Waals surface area (Å²) in [5.74, 6) is 0.149. The van der Waals surface area contributed by atoms with Gasteiger partial charge >= 0.3 is 0 Å². The maximum absolute atomic E-state index is 12.1. The van der Waals surface area contributed by atoms with E-state index in [1.807, 2.05) is 0 Å². The maximum atomic E-state index is 12.1. The van der Waals surface area contributed by atoms with Crippen molar-refractivity contribution >= 4 is 41.4 Å². The van der Waals surface area contributed by atoms with Crippen LogP contribution < -0.4 is 16.8 Å². The average molecular weight is 335 g/mol. The molecule has 22 heavy (non-hydrogen) atoms. The van der Waals surface area contributed by atoms with Crippen molar-refractivity contribution in [3.05, 3.63) is 50.8 Å². The standard InChI is InChI=1S/C13H11ClN6OS/c1-6-10(22)13(21)20-12(16)9(11(15)19(6)20)18-17-8-5-3-2-4-7(8)14/h2-5,16,22H,15H2,1H3. The lowest BCUT2D eigenvalue weighted by molar-refractivity contribution is 0.771. The van der Waals surface area contributed by atoms with Gasteiger partial charge in [-0.2, -0.15) is 4.52 Å². The Labute approximate surface area is 134 Å². The first-order valence-electron chi connectivity index (χ1n) is 6.22. The van der Waals surface area contributed by atoms with Crippen molar-refractivity contribution in [3.63, 3.8) is 0 Å². The molecule has 2 aromatic heterocycles. The minimum Gasteiger partial charge on any atom is -0.382 e. The summed E-state index contributed by atoms with van der Waals surface area (Å²) in [6.07, 6.45) is 0. The molecule has 1 aromatic carbocycles. The van der Waals surface area contributed by atoms with Crippen LogP contribution in [0.15, 0.2) is 44.2 Å². The number of nitrogen functional groups attached to an aromatic ring is 1. The number of aryl methyl sites for hydroxylation is 1. The number of nitrogens with two attached hydrogens (primary N) is 1. The molecule has 0 aliphatic heterocycles. The summed E-state index contributed by atoms with van der Waals surface area (Å²) >= 11 is 10.1. The molecule has 3 rings (SSSR count). The monoisotopic (exact) mass is 334 g/mol. The zero-order valence-corrected chi connectivity index (χ0v) is 13.1. The average Bonchev–Trinajstić information content (AvgIpc) is 2.87. The number of hydrogen-bond donors (Lipinski definition) is 3. The van der Waals surface area contributed by atoms with Crippen molar-refractivity contribution in [1.82, 2.24) is 9.03 Å². The molecule has 0 unspecified atom stereocenters. The topological polar surface area (TPSA) is 100 Å². The molecule has 3 aromatic rings. The second-order valence-corrected chi connectivity index (χ2v) is 5.45. The van der Waals surface area contributed by atoms with Gasteiger partial charge in [0.15, 0.2) is 17.0 Å². The van der Waals surface area contributed by atoms with Crippen LogP contribution in [0.25, 0.3) is 0 Å². The summed E-state index contributed by atoms with van der Waals surface area (Å²) in [7, 11) is 0. The van der Waals surface area contributed by atoms with E-state index in [1.54, 1.807) is 31.2 Å². The Hall–Kier alpha value is -2.32. The van der Waals surface area contributed by atoms with Gasteiger partial charge in [-0.1, -0.05) is 23.7 Å². The van der Waals surface area contributed by atoms with Gasteiger partial charge in [0.05, 0.1) is 15.6 Å². The lowest BCUT2D eigenvalue weighted by Crippen LogP contribution is -2.21. The summed E-state index contributed by atoms with van der Waals surface area (Å²) in [4.78, 5) is 12.3. The molecular formula is C13H11ClN6OS. The second-order valence-electron chi connectivity index (χ2n) is 4.60. The zero-order chi connectivity index (χ0) is 16.0. The number of thiol groups is 1. The highest BCUT2D eigenvalue weighted by atomic mass is 35.5. The van der Waals surface area contributed by atoms with Gasteiger partial charge in [0, 0.05) is 0 Å². The maximum Gasteiger partial charge on any atom is 0.286 e. The summed E-state index contributed by atoms with van der Waals surface area (Å²) < 4.78 is 2.50. The van der Waals surface area contributed by atoms with E-state index in [2.05, 4.69) is 22.9 Å². The molecule has 0 amide bonds. The Kier molecular flexibility index (Phi) is 3.42. The molecule has 7 nitrogen and oxygen atoms in total. The third kappa shape index (κ3) is 1.99. The van der Waals surface area contributed by atoms with Gasteiger partial charge < -0.3 is 5.73 Å². The Bertz CT molecular complexity index is 1020. The number of halogens is 1. The Morgan fingerprint density at radius 3 is 2.59 bits per heavy atom. The van der Waals surface area contributed by atoms with E-state index in [1.165, 1.54) is 4.52 Å². The number of nitrogens with one attached hydrogen (secondary N) is 1. The fourth-order valence-corrected chi connectivity index (χ4v) is 2.51. The Morgan fingerprint density at radius 2 is 1.95 bits per heavy atom. The lowest BCUT2D eigenvalue weighted by atomic mass is 10.3. The molecule has 0 bridgehead atoms. The van der Waals surface area contributed by atoms with Crippen molar-refractivity contribution in [2.45, 2.75) is 11.8 Å². The number of hydrogen-bond acceptors (Lipinski definition) is 6. The number of anilines is 1. The van der Waals surface area contributed by atoms with Crippen LogP contribution in [-0.2, 0) is 0 Å². The zero-order valence-electron chi connectivity index (χ0n) is 11.4. The van der Waals surface area contributed by atoms with Crippen LogP contribution in [0.5, 0.6) is 0 Å². The summed E-state index contributed by atoms with van der Waals surface area (Å²) in [6.45, 7) is 1.69. The predicted molar refractivity (Wildman–Crippen MR) is 86.2 cm³/mol. The third-order valence-electron chi connectivity index (χ3n) is 3.27. The third-order valence-corrected chi connectivity index (χ3v) is 4.11. The Morgan fingerprint density at radius 1 is 1.27 bits per heavy atom. The number of fused-ring (bicyclic) bond motifs is 1. The van der Waals surface area contributed by atoms with Crippen molar-refractivity contribution in [1.29, 1.82) is 5.41 Å². The summed E-state index contributed by atoms with van der Waals surface area (Å²) in [5, 5.41) is 16.5. The smallest absolute Gasteiger partial charge is 0.286 e. The summed E-state index contributed by atoms with van der Waals surface area (Å²) in [5.41, 5.74) is 6.51. The van der Waals surface area contributed by atoms with Gasteiger partial charge in [-0.15, -0.1) is 22.9 Å². The SMILES string of the molecule is Cc1c(S)c(=O)n2c(=N)c(N=Nc3ccccc3Cl)c(N)n12. The second kappa shape index (κ2) is 5.15. The molecule has 2 heterocycles. The van der Waals surface area contributed by atoms with Crippen molar-refractivity contribution < 1.29 is 0 Å². The predicted octanol–water partition coefficient (Wildman–Crippen LogP) is 2.56. The van der Waals surface area contributed by atoms with Crippen LogP contribution in [0.2, 0.25) is 5.02 Å². The van der Waals surface area contributed by atoms with Gasteiger partial charge in [-0.3, -0.25) is 10.2 Å². The van der Waals surface area contributed by atoms with Crippen molar-refractivity contribution in [2.24, 2.45) is 10.2 Å². The van der Waals surface area contributed by atoms with E-state index < -0.39 is 5.56 Å². The first-order valence-corrected chi connectivity index (χ1v) is 7.05. The molecule has 0 aliphatic rings. The molecule has 3 N–H and O–H groups in total. The van der Waals surface area contributed by atoms with Gasteiger partial charge in [0.1, 0.15) is 5.69 Å².